The summed E-state index contributed by atoms with van der Waals surface area (Å²) in [5.41, 5.74) is 2.53. The molecule has 1 saturated heterocycles. The first-order chi connectivity index (χ1) is 10.7. The minimum Gasteiger partial charge on any atom is -0.465 e. The Morgan fingerprint density at radius 1 is 1.26 bits per heavy atom. The van der Waals surface area contributed by atoms with E-state index in [9.17, 15) is 4.79 Å². The maximum absolute atomic E-state index is 10.9. The molecule has 1 aromatic rings. The van der Waals surface area contributed by atoms with Crippen LogP contribution in [0.4, 0.5) is 4.79 Å². The standard InChI is InChI=1S/C17H24BNO4/c1-16(2)17(3,4)23-18(22-16)12-8-9-13-11(10-12)6-5-7-14(13)19-15(20)21/h8-10,14,19H,5-7H2,1-4H3,(H,20,21). The van der Waals surface area contributed by atoms with Crippen LogP contribution in [0.2, 0.25) is 0 Å². The van der Waals surface area contributed by atoms with Gasteiger partial charge in [0.05, 0.1) is 17.2 Å². The van der Waals surface area contributed by atoms with Crippen molar-refractivity contribution in [3.8, 4) is 0 Å². The Hall–Kier alpha value is -1.53. The van der Waals surface area contributed by atoms with E-state index in [4.69, 9.17) is 14.4 Å². The van der Waals surface area contributed by atoms with Crippen LogP contribution in [0.3, 0.4) is 0 Å². The van der Waals surface area contributed by atoms with E-state index in [-0.39, 0.29) is 24.4 Å². The van der Waals surface area contributed by atoms with Crippen LogP contribution in [-0.4, -0.2) is 29.5 Å². The third-order valence-electron chi connectivity index (χ3n) is 5.30. The van der Waals surface area contributed by atoms with Gasteiger partial charge in [0.15, 0.2) is 0 Å². The Morgan fingerprint density at radius 3 is 2.52 bits per heavy atom. The van der Waals surface area contributed by atoms with Crippen molar-refractivity contribution in [2.45, 2.75) is 64.2 Å². The summed E-state index contributed by atoms with van der Waals surface area (Å²) < 4.78 is 12.2. The van der Waals surface area contributed by atoms with Gasteiger partial charge in [-0.15, -0.1) is 0 Å². The summed E-state index contributed by atoms with van der Waals surface area (Å²) in [5.74, 6) is 0. The Bertz CT molecular complexity index is 613. The van der Waals surface area contributed by atoms with Gasteiger partial charge >= 0.3 is 13.2 Å². The van der Waals surface area contributed by atoms with Gasteiger partial charge in [-0.1, -0.05) is 18.2 Å². The summed E-state index contributed by atoms with van der Waals surface area (Å²) in [6.45, 7) is 8.16. The summed E-state index contributed by atoms with van der Waals surface area (Å²) in [6, 6.07) is 5.98. The number of carboxylic acid groups (broad SMARTS) is 1. The zero-order valence-corrected chi connectivity index (χ0v) is 14.2. The lowest BCUT2D eigenvalue weighted by atomic mass is 9.75. The number of fused-ring (bicyclic) bond motifs is 1. The minimum atomic E-state index is -0.974. The SMILES string of the molecule is CC1(C)OB(c2ccc3c(c2)CCCC3NC(=O)O)OC1(C)C. The van der Waals surface area contributed by atoms with E-state index >= 15 is 0 Å². The van der Waals surface area contributed by atoms with E-state index in [1.807, 2.05) is 39.8 Å². The third kappa shape index (κ3) is 2.97. The lowest BCUT2D eigenvalue weighted by Gasteiger charge is -2.32. The highest BCUT2D eigenvalue weighted by atomic mass is 16.7. The maximum Gasteiger partial charge on any atom is 0.494 e. The number of carbonyl (C=O) groups is 1. The van der Waals surface area contributed by atoms with E-state index < -0.39 is 6.09 Å². The zero-order valence-electron chi connectivity index (χ0n) is 14.2. The maximum atomic E-state index is 10.9. The summed E-state index contributed by atoms with van der Waals surface area (Å²) in [5, 5.41) is 11.6. The quantitative estimate of drug-likeness (QED) is 0.823. The second kappa shape index (κ2) is 5.53. The highest BCUT2D eigenvalue weighted by molar-refractivity contribution is 6.62. The molecule has 0 spiro atoms. The average molecular weight is 317 g/mol. The van der Waals surface area contributed by atoms with Gasteiger partial charge < -0.3 is 19.7 Å². The van der Waals surface area contributed by atoms with Crippen molar-refractivity contribution in [2.24, 2.45) is 0 Å². The molecule has 0 saturated carbocycles. The van der Waals surface area contributed by atoms with Crippen LogP contribution in [0.1, 0.15) is 57.7 Å². The fourth-order valence-electron chi connectivity index (χ4n) is 3.26. The summed E-state index contributed by atoms with van der Waals surface area (Å²) in [6.07, 6.45) is 1.80. The predicted molar refractivity (Wildman–Crippen MR) is 89.0 cm³/mol. The number of rotatable bonds is 2. The number of benzene rings is 1. The number of hydrogen-bond acceptors (Lipinski definition) is 3. The highest BCUT2D eigenvalue weighted by Gasteiger charge is 2.51. The molecule has 3 rings (SSSR count). The van der Waals surface area contributed by atoms with Crippen LogP contribution in [0.5, 0.6) is 0 Å². The molecule has 1 unspecified atom stereocenters. The molecule has 1 aliphatic heterocycles. The van der Waals surface area contributed by atoms with Crippen LogP contribution < -0.4 is 10.8 Å². The Labute approximate surface area is 137 Å². The van der Waals surface area contributed by atoms with Crippen LogP contribution in [0.25, 0.3) is 0 Å². The molecule has 6 heteroatoms. The Kier molecular flexibility index (Phi) is 3.93. The van der Waals surface area contributed by atoms with Crippen LogP contribution >= 0.6 is 0 Å². The van der Waals surface area contributed by atoms with Crippen molar-refractivity contribution in [3.63, 3.8) is 0 Å². The Morgan fingerprint density at radius 2 is 1.91 bits per heavy atom. The fraction of sp³-hybridized carbons (Fsp3) is 0.588. The van der Waals surface area contributed by atoms with Crippen LogP contribution in [0, 0.1) is 0 Å². The third-order valence-corrected chi connectivity index (χ3v) is 5.30. The van der Waals surface area contributed by atoms with Gasteiger partial charge in [-0.05, 0) is 63.5 Å². The average Bonchev–Trinajstić information content (AvgIpc) is 2.67. The fourth-order valence-corrected chi connectivity index (χ4v) is 3.26. The Balaban J connectivity index is 1.86. The van der Waals surface area contributed by atoms with Gasteiger partial charge in [-0.3, -0.25) is 0 Å². The zero-order chi connectivity index (χ0) is 16.8. The van der Waals surface area contributed by atoms with Gasteiger partial charge in [0.25, 0.3) is 0 Å². The lowest BCUT2D eigenvalue weighted by molar-refractivity contribution is 0.00578. The summed E-state index contributed by atoms with van der Waals surface area (Å²) >= 11 is 0. The molecular formula is C17H24BNO4. The first-order valence-corrected chi connectivity index (χ1v) is 8.17. The molecule has 1 aliphatic carbocycles. The largest absolute Gasteiger partial charge is 0.494 e. The molecule has 124 valence electrons. The van der Waals surface area contributed by atoms with E-state index in [2.05, 4.69) is 11.4 Å². The van der Waals surface area contributed by atoms with E-state index in [0.717, 1.165) is 30.3 Å². The topological polar surface area (TPSA) is 67.8 Å². The molecule has 23 heavy (non-hydrogen) atoms. The number of nitrogens with one attached hydrogen (secondary N) is 1. The first kappa shape index (κ1) is 16.3. The van der Waals surface area contributed by atoms with Gasteiger partial charge in [0.2, 0.25) is 0 Å². The van der Waals surface area contributed by atoms with Crippen LogP contribution in [0.15, 0.2) is 18.2 Å². The molecule has 2 aliphatic rings. The van der Waals surface area contributed by atoms with E-state index in [1.54, 1.807) is 0 Å². The smallest absolute Gasteiger partial charge is 0.465 e. The number of aryl methyl sites for hydroxylation is 1. The van der Waals surface area contributed by atoms with E-state index in [1.165, 1.54) is 5.56 Å². The van der Waals surface area contributed by atoms with Crippen molar-refractivity contribution < 1.29 is 19.2 Å². The molecular weight excluding hydrogens is 293 g/mol. The molecule has 1 fully saturated rings. The summed E-state index contributed by atoms with van der Waals surface area (Å²) in [4.78, 5) is 10.9. The number of amides is 1. The minimum absolute atomic E-state index is 0.122. The second-order valence-corrected chi connectivity index (χ2v) is 7.44. The predicted octanol–water partition coefficient (Wildman–Crippen LogP) is 2.63. The molecule has 0 aromatic heterocycles. The number of hydrogen-bond donors (Lipinski definition) is 2. The molecule has 1 heterocycles. The molecule has 5 nitrogen and oxygen atoms in total. The highest BCUT2D eigenvalue weighted by Crippen LogP contribution is 2.37. The van der Waals surface area contributed by atoms with Gasteiger partial charge in [-0.25, -0.2) is 4.79 Å². The molecule has 2 N–H and O–H groups in total. The van der Waals surface area contributed by atoms with E-state index in [0.29, 0.717) is 0 Å². The van der Waals surface area contributed by atoms with Gasteiger partial charge in [0, 0.05) is 0 Å². The molecule has 0 radical (unpaired) electrons. The molecule has 1 atom stereocenters. The summed E-state index contributed by atoms with van der Waals surface area (Å²) in [7, 11) is -0.377. The van der Waals surface area contributed by atoms with Crippen molar-refractivity contribution in [1.29, 1.82) is 0 Å². The second-order valence-electron chi connectivity index (χ2n) is 7.44. The van der Waals surface area contributed by atoms with Gasteiger partial charge in [0.1, 0.15) is 0 Å². The molecule has 1 aromatic carbocycles. The van der Waals surface area contributed by atoms with Crippen molar-refractivity contribution in [2.75, 3.05) is 0 Å². The van der Waals surface area contributed by atoms with Crippen molar-refractivity contribution in [3.05, 3.63) is 29.3 Å². The van der Waals surface area contributed by atoms with Gasteiger partial charge in [-0.2, -0.15) is 0 Å². The van der Waals surface area contributed by atoms with Crippen molar-refractivity contribution >= 4 is 18.7 Å². The molecule has 1 amide bonds. The molecule has 0 bridgehead atoms. The van der Waals surface area contributed by atoms with Crippen LogP contribution in [-0.2, 0) is 15.7 Å². The monoisotopic (exact) mass is 317 g/mol. The van der Waals surface area contributed by atoms with Crippen molar-refractivity contribution in [1.82, 2.24) is 5.32 Å². The lowest BCUT2D eigenvalue weighted by Crippen LogP contribution is -2.41. The first-order valence-electron chi connectivity index (χ1n) is 8.17. The normalized spacial score (nSPS) is 25.0.